The van der Waals surface area contributed by atoms with E-state index in [-0.39, 0.29) is 17.1 Å². The molecule has 0 radical (unpaired) electrons. The van der Waals surface area contributed by atoms with Gasteiger partial charge in [0.15, 0.2) is 0 Å². The van der Waals surface area contributed by atoms with E-state index in [9.17, 15) is 19.7 Å². The van der Waals surface area contributed by atoms with Crippen LogP contribution < -0.4 is 5.32 Å². The summed E-state index contributed by atoms with van der Waals surface area (Å²) in [4.78, 5) is 33.4. The smallest absolute Gasteiger partial charge is 0.311 e. The Balaban J connectivity index is 2.99. The van der Waals surface area contributed by atoms with Gasteiger partial charge in [0.25, 0.3) is 5.91 Å². The summed E-state index contributed by atoms with van der Waals surface area (Å²) in [6.07, 6.45) is 0.306. The summed E-state index contributed by atoms with van der Waals surface area (Å²) in [5.74, 6) is -1.78. The molecule has 2 N–H and O–H groups in total. The van der Waals surface area contributed by atoms with Gasteiger partial charge in [-0.3, -0.25) is 19.7 Å². The largest absolute Gasteiger partial charge is 0.481 e. The van der Waals surface area contributed by atoms with Gasteiger partial charge in [-0.1, -0.05) is 24.6 Å². The second kappa shape index (κ2) is 6.53. The Bertz CT molecular complexity index is 590. The van der Waals surface area contributed by atoms with Crippen molar-refractivity contribution in [3.63, 3.8) is 0 Å². The van der Waals surface area contributed by atoms with Crippen LogP contribution in [0.25, 0.3) is 0 Å². The first-order valence-corrected chi connectivity index (χ1v) is 6.55. The van der Waals surface area contributed by atoms with Crippen LogP contribution in [0.1, 0.15) is 30.6 Å². The molecule has 1 rings (SSSR count). The molecule has 0 aliphatic heterocycles. The Labute approximate surface area is 126 Å². The molecule has 0 aromatic heterocycles. The molecular formula is C13H15ClN2O5. The quantitative estimate of drug-likeness (QED) is 0.619. The van der Waals surface area contributed by atoms with Gasteiger partial charge in [-0.25, -0.2) is 0 Å². The Hall–Kier alpha value is -2.15. The lowest BCUT2D eigenvalue weighted by molar-refractivity contribution is -0.385. The number of carboxylic acids is 1. The highest BCUT2D eigenvalue weighted by molar-refractivity contribution is 6.33. The maximum Gasteiger partial charge on any atom is 0.311 e. The molecule has 1 unspecified atom stereocenters. The molecular weight excluding hydrogens is 300 g/mol. The molecule has 1 aromatic carbocycles. The van der Waals surface area contributed by atoms with Crippen molar-refractivity contribution in [3.8, 4) is 0 Å². The number of para-hydroxylation sites is 1. The summed E-state index contributed by atoms with van der Waals surface area (Å²) in [7, 11) is 0. The number of nitro groups is 1. The number of nitrogens with zero attached hydrogens (tertiary/aromatic N) is 1. The molecule has 0 spiro atoms. The van der Waals surface area contributed by atoms with Gasteiger partial charge in [0, 0.05) is 6.54 Å². The summed E-state index contributed by atoms with van der Waals surface area (Å²) in [6.45, 7) is 3.03. The average molecular weight is 315 g/mol. The van der Waals surface area contributed by atoms with E-state index < -0.39 is 27.9 Å². The van der Waals surface area contributed by atoms with Crippen molar-refractivity contribution in [1.82, 2.24) is 5.32 Å². The maximum absolute atomic E-state index is 12.0. The second-order valence-corrected chi connectivity index (χ2v) is 5.20. The lowest BCUT2D eigenvalue weighted by atomic mass is 9.87. The highest BCUT2D eigenvalue weighted by Gasteiger charge is 2.32. The lowest BCUT2D eigenvalue weighted by Gasteiger charge is -2.23. The maximum atomic E-state index is 12.0. The molecule has 0 aliphatic carbocycles. The molecule has 114 valence electrons. The van der Waals surface area contributed by atoms with Gasteiger partial charge in [-0.05, 0) is 25.5 Å². The molecule has 1 atom stereocenters. The fourth-order valence-electron chi connectivity index (χ4n) is 1.61. The molecule has 1 aromatic rings. The van der Waals surface area contributed by atoms with Gasteiger partial charge >= 0.3 is 11.7 Å². The lowest BCUT2D eigenvalue weighted by Crippen LogP contribution is -2.40. The van der Waals surface area contributed by atoms with E-state index in [2.05, 4.69) is 5.32 Å². The minimum atomic E-state index is -1.14. The molecule has 7 nitrogen and oxygen atoms in total. The number of rotatable bonds is 6. The zero-order chi connectivity index (χ0) is 16.2. The van der Waals surface area contributed by atoms with Crippen molar-refractivity contribution in [2.24, 2.45) is 5.41 Å². The highest BCUT2D eigenvalue weighted by atomic mass is 35.5. The van der Waals surface area contributed by atoms with Crippen molar-refractivity contribution in [2.75, 3.05) is 6.54 Å². The van der Waals surface area contributed by atoms with Crippen LogP contribution in [0, 0.1) is 15.5 Å². The van der Waals surface area contributed by atoms with Crippen molar-refractivity contribution < 1.29 is 19.6 Å². The molecule has 0 aliphatic rings. The Kier molecular flexibility index (Phi) is 5.26. The molecule has 0 fully saturated rings. The highest BCUT2D eigenvalue weighted by Crippen LogP contribution is 2.28. The average Bonchev–Trinajstić information content (AvgIpc) is 2.43. The van der Waals surface area contributed by atoms with Crippen LogP contribution in [0.5, 0.6) is 0 Å². The monoisotopic (exact) mass is 314 g/mol. The topological polar surface area (TPSA) is 110 Å². The predicted octanol–water partition coefficient (Wildman–Crippen LogP) is 2.48. The van der Waals surface area contributed by atoms with Crippen molar-refractivity contribution in [3.05, 3.63) is 38.9 Å². The molecule has 0 saturated carbocycles. The third kappa shape index (κ3) is 3.69. The first-order chi connectivity index (χ1) is 9.73. The van der Waals surface area contributed by atoms with E-state index in [4.69, 9.17) is 16.7 Å². The van der Waals surface area contributed by atoms with Gasteiger partial charge in [0.1, 0.15) is 10.6 Å². The van der Waals surface area contributed by atoms with E-state index in [0.717, 1.165) is 0 Å². The summed E-state index contributed by atoms with van der Waals surface area (Å²) < 4.78 is 0. The minimum absolute atomic E-state index is 0.138. The number of halogens is 1. The number of benzene rings is 1. The molecule has 8 heteroatoms. The second-order valence-electron chi connectivity index (χ2n) is 4.80. The first kappa shape index (κ1) is 16.9. The van der Waals surface area contributed by atoms with E-state index in [1.807, 2.05) is 0 Å². The van der Waals surface area contributed by atoms with Crippen LogP contribution in [0.2, 0.25) is 5.02 Å². The fourth-order valence-corrected chi connectivity index (χ4v) is 1.85. The number of nitrogens with one attached hydrogen (secondary N) is 1. The van der Waals surface area contributed by atoms with Gasteiger partial charge in [-0.15, -0.1) is 0 Å². The molecule has 0 heterocycles. The van der Waals surface area contributed by atoms with Crippen molar-refractivity contribution in [1.29, 1.82) is 0 Å². The predicted molar refractivity (Wildman–Crippen MR) is 76.5 cm³/mol. The number of amides is 1. The van der Waals surface area contributed by atoms with Crippen LogP contribution >= 0.6 is 11.6 Å². The first-order valence-electron chi connectivity index (χ1n) is 6.17. The Morgan fingerprint density at radius 3 is 2.57 bits per heavy atom. The molecule has 21 heavy (non-hydrogen) atoms. The zero-order valence-corrected chi connectivity index (χ0v) is 12.3. The van der Waals surface area contributed by atoms with Crippen LogP contribution in [0.4, 0.5) is 5.69 Å². The summed E-state index contributed by atoms with van der Waals surface area (Å²) in [5.41, 5.74) is -1.83. The number of carbonyl (C=O) groups excluding carboxylic acids is 1. The Morgan fingerprint density at radius 2 is 2.10 bits per heavy atom. The van der Waals surface area contributed by atoms with Gasteiger partial charge in [0.05, 0.1) is 10.3 Å². The Morgan fingerprint density at radius 1 is 1.48 bits per heavy atom. The number of carboxylic acid groups (broad SMARTS) is 1. The molecule has 1 amide bonds. The van der Waals surface area contributed by atoms with Gasteiger partial charge < -0.3 is 10.4 Å². The fraction of sp³-hybridized carbons (Fsp3) is 0.385. The SMILES string of the molecule is CCC(C)(CNC(=O)c1cccc(Cl)c1[N+](=O)[O-])C(=O)O. The van der Waals surface area contributed by atoms with Crippen LogP contribution in [0.3, 0.4) is 0 Å². The normalized spacial score (nSPS) is 13.3. The summed E-state index contributed by atoms with van der Waals surface area (Å²) >= 11 is 5.72. The summed E-state index contributed by atoms with van der Waals surface area (Å²) in [5, 5.41) is 22.3. The van der Waals surface area contributed by atoms with E-state index >= 15 is 0 Å². The van der Waals surface area contributed by atoms with Crippen LogP contribution in [-0.4, -0.2) is 28.5 Å². The standard InChI is InChI=1S/C13H15ClN2O5/c1-3-13(2,12(18)19)7-15-11(17)8-5-4-6-9(14)10(8)16(20)21/h4-6H,3,7H2,1-2H3,(H,15,17)(H,18,19). The van der Waals surface area contributed by atoms with Gasteiger partial charge in [-0.2, -0.15) is 0 Å². The zero-order valence-electron chi connectivity index (χ0n) is 11.6. The van der Waals surface area contributed by atoms with E-state index in [1.165, 1.54) is 25.1 Å². The number of carbonyl (C=O) groups is 2. The third-order valence-electron chi connectivity index (χ3n) is 3.35. The number of hydrogen-bond acceptors (Lipinski definition) is 4. The van der Waals surface area contributed by atoms with Crippen LogP contribution in [0.15, 0.2) is 18.2 Å². The number of aliphatic carboxylic acids is 1. The van der Waals surface area contributed by atoms with E-state index in [1.54, 1.807) is 6.92 Å². The third-order valence-corrected chi connectivity index (χ3v) is 3.65. The van der Waals surface area contributed by atoms with E-state index in [0.29, 0.717) is 6.42 Å². The number of nitro benzene ring substituents is 1. The van der Waals surface area contributed by atoms with Gasteiger partial charge in [0.2, 0.25) is 0 Å². The number of hydrogen-bond donors (Lipinski definition) is 2. The van der Waals surface area contributed by atoms with Crippen LogP contribution in [-0.2, 0) is 4.79 Å². The van der Waals surface area contributed by atoms with Crippen molar-refractivity contribution >= 4 is 29.2 Å². The van der Waals surface area contributed by atoms with Crippen molar-refractivity contribution in [2.45, 2.75) is 20.3 Å². The summed E-state index contributed by atoms with van der Waals surface area (Å²) in [6, 6.07) is 3.99. The minimum Gasteiger partial charge on any atom is -0.481 e. The molecule has 0 saturated heterocycles. The molecule has 0 bridgehead atoms.